The van der Waals surface area contributed by atoms with Gasteiger partial charge < -0.3 is 15.4 Å². The molecule has 0 radical (unpaired) electrons. The number of benzene rings is 3. The van der Waals surface area contributed by atoms with Gasteiger partial charge in [0.15, 0.2) is 0 Å². The number of ether oxygens (including phenoxy) is 1. The molecule has 0 unspecified atom stereocenters. The van der Waals surface area contributed by atoms with Gasteiger partial charge in [-0.2, -0.15) is 0 Å². The number of carbonyl (C=O) groups is 2. The number of nitrogens with zero attached hydrogens (tertiary/aromatic N) is 1. The van der Waals surface area contributed by atoms with Crippen LogP contribution in [0.1, 0.15) is 15.9 Å². The Morgan fingerprint density at radius 1 is 1.15 bits per heavy atom. The molecule has 0 saturated heterocycles. The van der Waals surface area contributed by atoms with E-state index in [4.69, 9.17) is 16.3 Å². The molecule has 0 saturated carbocycles. The molecule has 3 aromatic carbocycles. The molecule has 11 heteroatoms. The summed E-state index contributed by atoms with van der Waals surface area (Å²) in [7, 11) is 1.44. The number of amides is 2. The lowest BCUT2D eigenvalue weighted by Crippen LogP contribution is -2.31. The van der Waals surface area contributed by atoms with Gasteiger partial charge in [0.05, 0.1) is 22.6 Å². The molecule has 0 aromatic heterocycles. The highest BCUT2D eigenvalue weighted by Gasteiger charge is 2.18. The number of nitro groups is 1. The largest absolute Gasteiger partial charge is 0.497 e. The molecule has 2 amide bonds. The van der Waals surface area contributed by atoms with E-state index in [1.807, 2.05) is 0 Å². The van der Waals surface area contributed by atoms with E-state index in [0.717, 1.165) is 6.07 Å². The summed E-state index contributed by atoms with van der Waals surface area (Å²) in [5, 5.41) is 15.9. The van der Waals surface area contributed by atoms with Crippen molar-refractivity contribution in [1.29, 1.82) is 0 Å². The van der Waals surface area contributed by atoms with E-state index >= 15 is 0 Å². The number of nitrogens with one attached hydrogen (secondary N) is 2. The maximum atomic E-state index is 13.5. The summed E-state index contributed by atoms with van der Waals surface area (Å²) in [6, 6.07) is 13.8. The maximum absolute atomic E-state index is 13.5. The highest BCUT2D eigenvalue weighted by atomic mass is 79.9. The van der Waals surface area contributed by atoms with Crippen molar-refractivity contribution in [3.63, 3.8) is 0 Å². The summed E-state index contributed by atoms with van der Waals surface area (Å²) >= 11 is 9.06. The summed E-state index contributed by atoms with van der Waals surface area (Å²) in [6.07, 6.45) is 1.28. The number of anilines is 1. The van der Waals surface area contributed by atoms with Gasteiger partial charge >= 0.3 is 0 Å². The Balaban J connectivity index is 1.98. The van der Waals surface area contributed by atoms with E-state index in [1.165, 1.54) is 55.7 Å². The molecular formula is C23H16BrClFN3O5. The number of methoxy groups -OCH3 is 1. The monoisotopic (exact) mass is 547 g/mol. The molecule has 0 aliphatic carbocycles. The number of halogens is 3. The third-order valence-electron chi connectivity index (χ3n) is 4.48. The molecule has 0 atom stereocenters. The summed E-state index contributed by atoms with van der Waals surface area (Å²) < 4.78 is 19.1. The molecule has 8 nitrogen and oxygen atoms in total. The maximum Gasteiger partial charge on any atom is 0.272 e. The molecule has 34 heavy (non-hydrogen) atoms. The minimum atomic E-state index is -0.762. The van der Waals surface area contributed by atoms with Crippen LogP contribution in [0.5, 0.6) is 5.75 Å². The Labute approximate surface area is 206 Å². The fourth-order valence-corrected chi connectivity index (χ4v) is 3.43. The summed E-state index contributed by atoms with van der Waals surface area (Å²) in [5.41, 5.74) is 0.239. The van der Waals surface area contributed by atoms with Gasteiger partial charge in [-0.15, -0.1) is 0 Å². The third-order valence-corrected chi connectivity index (χ3v) is 5.46. The van der Waals surface area contributed by atoms with Crippen LogP contribution in [0.3, 0.4) is 0 Å². The molecule has 0 aliphatic heterocycles. The molecule has 0 bridgehead atoms. The van der Waals surface area contributed by atoms with Crippen LogP contribution in [0.25, 0.3) is 6.08 Å². The first-order chi connectivity index (χ1) is 16.2. The van der Waals surface area contributed by atoms with Gasteiger partial charge in [0.2, 0.25) is 0 Å². The molecule has 0 fully saturated rings. The highest BCUT2D eigenvalue weighted by Crippen LogP contribution is 2.24. The summed E-state index contributed by atoms with van der Waals surface area (Å²) in [5.74, 6) is -1.65. The average Bonchev–Trinajstić information content (AvgIpc) is 2.81. The minimum absolute atomic E-state index is 0.179. The van der Waals surface area contributed by atoms with Crippen molar-refractivity contribution in [3.8, 4) is 5.75 Å². The van der Waals surface area contributed by atoms with E-state index in [-0.39, 0.29) is 27.7 Å². The van der Waals surface area contributed by atoms with Gasteiger partial charge in [0, 0.05) is 22.3 Å². The standard InChI is InChI=1S/C23H16BrClFN3O5/c1-34-16-6-7-18(24)17(12-16)22(30)28-21(10-13-3-2-4-15(9-13)29(32)33)23(31)27-14-5-8-20(26)19(25)11-14/h2-12H,1H3,(H,27,31)(H,28,30)/b21-10+. The van der Waals surface area contributed by atoms with E-state index in [0.29, 0.717) is 15.8 Å². The predicted molar refractivity (Wildman–Crippen MR) is 129 cm³/mol. The van der Waals surface area contributed by atoms with Crippen LogP contribution in [0, 0.1) is 15.9 Å². The van der Waals surface area contributed by atoms with Gasteiger partial charge in [-0.25, -0.2) is 4.39 Å². The second kappa shape index (κ2) is 10.9. The number of rotatable bonds is 7. The topological polar surface area (TPSA) is 111 Å². The quantitative estimate of drug-likeness (QED) is 0.228. The zero-order chi connectivity index (χ0) is 24.8. The van der Waals surface area contributed by atoms with Gasteiger partial charge in [0.1, 0.15) is 17.3 Å². The van der Waals surface area contributed by atoms with Gasteiger partial charge in [-0.05, 0) is 64.0 Å². The fraction of sp³-hybridized carbons (Fsp3) is 0.0435. The normalized spacial score (nSPS) is 11.0. The molecule has 0 aliphatic rings. The van der Waals surface area contributed by atoms with E-state index in [9.17, 15) is 24.1 Å². The Bertz CT molecular complexity index is 1320. The van der Waals surface area contributed by atoms with Crippen molar-refractivity contribution < 1.29 is 23.6 Å². The first-order valence-corrected chi connectivity index (χ1v) is 10.7. The Morgan fingerprint density at radius 2 is 1.91 bits per heavy atom. The molecule has 3 rings (SSSR count). The molecule has 0 spiro atoms. The van der Waals surface area contributed by atoms with E-state index in [2.05, 4.69) is 26.6 Å². The molecule has 0 heterocycles. The molecule has 174 valence electrons. The van der Waals surface area contributed by atoms with Crippen LogP contribution < -0.4 is 15.4 Å². The van der Waals surface area contributed by atoms with Crippen LogP contribution >= 0.6 is 27.5 Å². The van der Waals surface area contributed by atoms with Crippen molar-refractivity contribution in [2.24, 2.45) is 0 Å². The lowest BCUT2D eigenvalue weighted by molar-refractivity contribution is -0.384. The number of hydrogen-bond acceptors (Lipinski definition) is 5. The Hall–Kier alpha value is -3.76. The number of non-ortho nitro benzene ring substituents is 1. The second-order valence-corrected chi connectivity index (χ2v) is 8.05. The fourth-order valence-electron chi connectivity index (χ4n) is 2.82. The van der Waals surface area contributed by atoms with Gasteiger partial charge in [-0.1, -0.05) is 23.7 Å². The first kappa shape index (κ1) is 24.9. The zero-order valence-electron chi connectivity index (χ0n) is 17.5. The van der Waals surface area contributed by atoms with Crippen molar-refractivity contribution >= 4 is 56.8 Å². The molecule has 3 aromatic rings. The molecule has 2 N–H and O–H groups in total. The van der Waals surface area contributed by atoms with Crippen LogP contribution in [0.2, 0.25) is 5.02 Å². The third kappa shape index (κ3) is 6.18. The highest BCUT2D eigenvalue weighted by molar-refractivity contribution is 9.10. The lowest BCUT2D eigenvalue weighted by atomic mass is 10.1. The zero-order valence-corrected chi connectivity index (χ0v) is 19.8. The average molecular weight is 549 g/mol. The number of carbonyl (C=O) groups excluding carboxylic acids is 2. The predicted octanol–water partition coefficient (Wildman–Crippen LogP) is 5.57. The Morgan fingerprint density at radius 3 is 2.59 bits per heavy atom. The molecular weight excluding hydrogens is 533 g/mol. The first-order valence-electron chi connectivity index (χ1n) is 9.55. The van der Waals surface area contributed by atoms with Crippen LogP contribution in [0.4, 0.5) is 15.8 Å². The van der Waals surface area contributed by atoms with Crippen LogP contribution in [0.15, 0.2) is 70.8 Å². The number of hydrogen-bond donors (Lipinski definition) is 2. The van der Waals surface area contributed by atoms with Gasteiger partial charge in [-0.3, -0.25) is 19.7 Å². The Kier molecular flexibility index (Phi) is 7.98. The van der Waals surface area contributed by atoms with Crippen molar-refractivity contribution in [2.75, 3.05) is 12.4 Å². The summed E-state index contributed by atoms with van der Waals surface area (Å²) in [4.78, 5) is 36.5. The van der Waals surface area contributed by atoms with Crippen molar-refractivity contribution in [1.82, 2.24) is 5.32 Å². The van der Waals surface area contributed by atoms with E-state index < -0.39 is 22.6 Å². The number of nitro benzene ring substituents is 1. The summed E-state index contributed by atoms with van der Waals surface area (Å²) in [6.45, 7) is 0. The smallest absolute Gasteiger partial charge is 0.272 e. The van der Waals surface area contributed by atoms with Crippen molar-refractivity contribution in [3.05, 3.63) is 103 Å². The second-order valence-electron chi connectivity index (χ2n) is 6.79. The van der Waals surface area contributed by atoms with Crippen LogP contribution in [-0.2, 0) is 4.79 Å². The minimum Gasteiger partial charge on any atom is -0.497 e. The van der Waals surface area contributed by atoms with Crippen LogP contribution in [-0.4, -0.2) is 23.8 Å². The van der Waals surface area contributed by atoms with Gasteiger partial charge in [0.25, 0.3) is 17.5 Å². The van der Waals surface area contributed by atoms with Crippen molar-refractivity contribution in [2.45, 2.75) is 0 Å². The SMILES string of the molecule is COc1ccc(Br)c(C(=O)N/C(=C/c2cccc([N+](=O)[O-])c2)C(=O)Nc2ccc(F)c(Cl)c2)c1. The lowest BCUT2D eigenvalue weighted by Gasteiger charge is -2.13. The van der Waals surface area contributed by atoms with E-state index in [1.54, 1.807) is 12.1 Å².